The van der Waals surface area contributed by atoms with Gasteiger partial charge >= 0.3 is 5.97 Å². The molecule has 2 N–H and O–H groups in total. The molecule has 5 nitrogen and oxygen atoms in total. The van der Waals surface area contributed by atoms with E-state index < -0.39 is 0 Å². The van der Waals surface area contributed by atoms with Crippen LogP contribution in [0.15, 0.2) is 47.3 Å². The van der Waals surface area contributed by atoms with Crippen molar-refractivity contribution in [3.8, 4) is 0 Å². The molecule has 0 fully saturated rings. The Kier molecular flexibility index (Phi) is 3.16. The van der Waals surface area contributed by atoms with Gasteiger partial charge in [-0.2, -0.15) is 0 Å². The molecule has 5 heteroatoms. The molecule has 0 unspecified atom stereocenters. The van der Waals surface area contributed by atoms with E-state index >= 15 is 0 Å². The zero-order chi connectivity index (χ0) is 16.8. The van der Waals surface area contributed by atoms with Gasteiger partial charge in [0.2, 0.25) is 0 Å². The fourth-order valence-electron chi connectivity index (χ4n) is 3.21. The van der Waals surface area contributed by atoms with E-state index in [1.807, 2.05) is 36.4 Å². The number of carbonyl (C=O) groups excluding carboxylic acids is 1. The number of carbonyl (C=O) groups is 1. The molecular weight excluding hydrogens is 304 g/mol. The number of nitrogens with zero attached hydrogens (tertiary/aromatic N) is 1. The molecule has 3 heterocycles. The van der Waals surface area contributed by atoms with Crippen LogP contribution in [0.1, 0.15) is 22.4 Å². The molecule has 0 spiro atoms. The summed E-state index contributed by atoms with van der Waals surface area (Å²) in [6.07, 6.45) is 2.10. The highest BCUT2D eigenvalue weighted by Gasteiger charge is 2.27. The molecule has 4 rings (SSSR count). The molecule has 2 aromatic rings. The number of pyridine rings is 1. The number of benzene rings is 1. The molecular formula is C19H16N2O3. The smallest absolute Gasteiger partial charge is 0.310 e. The van der Waals surface area contributed by atoms with Gasteiger partial charge in [-0.15, -0.1) is 0 Å². The van der Waals surface area contributed by atoms with E-state index in [-0.39, 0.29) is 24.6 Å². The molecule has 0 atom stereocenters. The van der Waals surface area contributed by atoms with Crippen molar-refractivity contribution in [3.63, 3.8) is 0 Å². The summed E-state index contributed by atoms with van der Waals surface area (Å²) >= 11 is 0. The van der Waals surface area contributed by atoms with Gasteiger partial charge in [0.1, 0.15) is 6.61 Å². The molecule has 0 radical (unpaired) electrons. The van der Waals surface area contributed by atoms with Gasteiger partial charge in [-0.1, -0.05) is 24.8 Å². The zero-order valence-corrected chi connectivity index (χ0v) is 13.0. The molecule has 120 valence electrons. The van der Waals surface area contributed by atoms with Crippen LogP contribution in [0.25, 0.3) is 11.6 Å². The molecule has 1 aromatic carbocycles. The number of cyclic esters (lactones) is 1. The van der Waals surface area contributed by atoms with Gasteiger partial charge in [0.15, 0.2) is 0 Å². The molecule has 0 aliphatic carbocycles. The normalized spacial score (nSPS) is 17.6. The Hall–Kier alpha value is -3.08. The number of aromatic nitrogens is 1. The van der Waals surface area contributed by atoms with E-state index in [4.69, 9.17) is 10.5 Å². The van der Waals surface area contributed by atoms with E-state index in [9.17, 15) is 9.59 Å². The number of esters is 1. The minimum Gasteiger partial charge on any atom is -0.460 e. The van der Waals surface area contributed by atoms with Crippen molar-refractivity contribution in [3.05, 3.63) is 75.2 Å². The third kappa shape index (κ3) is 2.17. The number of rotatable bonds is 1. The first-order valence-electron chi connectivity index (χ1n) is 7.70. The van der Waals surface area contributed by atoms with Crippen LogP contribution in [0.3, 0.4) is 0 Å². The minimum atomic E-state index is -0.303. The topological polar surface area (TPSA) is 74.3 Å². The highest BCUT2D eigenvalue weighted by molar-refractivity contribution is 5.86. The maximum Gasteiger partial charge on any atom is 0.310 e. The first kappa shape index (κ1) is 14.5. The van der Waals surface area contributed by atoms with Gasteiger partial charge in [-0.3, -0.25) is 9.59 Å². The van der Waals surface area contributed by atoms with E-state index in [1.54, 1.807) is 4.57 Å². The molecule has 0 amide bonds. The lowest BCUT2D eigenvalue weighted by Gasteiger charge is -2.17. The Morgan fingerprint density at radius 2 is 2.04 bits per heavy atom. The molecule has 2 aliphatic rings. The number of ether oxygens (including phenoxy) is 1. The summed E-state index contributed by atoms with van der Waals surface area (Å²) in [6, 6.07) is 9.45. The number of allylic oxidation sites excluding steroid dienone is 2. The lowest BCUT2D eigenvalue weighted by atomic mass is 10.0. The lowest BCUT2D eigenvalue weighted by Crippen LogP contribution is -2.30. The van der Waals surface area contributed by atoms with Crippen molar-refractivity contribution >= 4 is 23.3 Å². The summed E-state index contributed by atoms with van der Waals surface area (Å²) in [4.78, 5) is 24.2. The van der Waals surface area contributed by atoms with E-state index in [2.05, 4.69) is 6.58 Å². The standard InChI is InChI=1S/C19H16N2O3/c1-11-14(6-12-4-2-3-5-16(12)20)9-21-17(11)7-13-8-18(22)24-10-15(13)19(21)23/h2-7H,1,8-10,20H2/b14-6-. The number of anilines is 1. The monoisotopic (exact) mass is 320 g/mol. The summed E-state index contributed by atoms with van der Waals surface area (Å²) in [5, 5.41) is 0. The van der Waals surface area contributed by atoms with Crippen LogP contribution >= 0.6 is 0 Å². The highest BCUT2D eigenvalue weighted by atomic mass is 16.5. The Morgan fingerprint density at radius 3 is 2.83 bits per heavy atom. The Labute approximate surface area is 138 Å². The van der Waals surface area contributed by atoms with Crippen molar-refractivity contribution < 1.29 is 9.53 Å². The first-order valence-corrected chi connectivity index (χ1v) is 7.70. The Bertz CT molecular complexity index is 983. The second-order valence-electron chi connectivity index (χ2n) is 6.04. The second-order valence-corrected chi connectivity index (χ2v) is 6.04. The van der Waals surface area contributed by atoms with Crippen molar-refractivity contribution in [2.45, 2.75) is 19.6 Å². The quantitative estimate of drug-likeness (QED) is 0.645. The average Bonchev–Trinajstić information content (AvgIpc) is 2.87. The number of fused-ring (bicyclic) bond motifs is 2. The van der Waals surface area contributed by atoms with Crippen molar-refractivity contribution in [2.24, 2.45) is 0 Å². The predicted octanol–water partition coefficient (Wildman–Crippen LogP) is 2.14. The predicted molar refractivity (Wildman–Crippen MR) is 92.1 cm³/mol. The van der Waals surface area contributed by atoms with Crippen molar-refractivity contribution in [2.75, 3.05) is 5.73 Å². The molecule has 24 heavy (non-hydrogen) atoms. The number of nitrogens with two attached hydrogens (primary N) is 1. The summed E-state index contributed by atoms with van der Waals surface area (Å²) in [7, 11) is 0. The average molecular weight is 320 g/mol. The van der Waals surface area contributed by atoms with Crippen LogP contribution in [-0.4, -0.2) is 10.5 Å². The summed E-state index contributed by atoms with van der Waals surface area (Å²) in [5.41, 5.74) is 11.3. The second kappa shape index (κ2) is 5.23. The van der Waals surface area contributed by atoms with Crippen LogP contribution in [0.5, 0.6) is 0 Å². The van der Waals surface area contributed by atoms with Gasteiger partial charge in [-0.05, 0) is 40.5 Å². The van der Waals surface area contributed by atoms with Gasteiger partial charge in [0, 0.05) is 5.69 Å². The number of hydrogen-bond acceptors (Lipinski definition) is 4. The fourth-order valence-corrected chi connectivity index (χ4v) is 3.21. The van der Waals surface area contributed by atoms with E-state index in [0.717, 1.165) is 28.0 Å². The van der Waals surface area contributed by atoms with Gasteiger partial charge in [-0.25, -0.2) is 0 Å². The van der Waals surface area contributed by atoms with Gasteiger partial charge in [0.05, 0.1) is 24.2 Å². The van der Waals surface area contributed by atoms with Crippen LogP contribution in [0.4, 0.5) is 5.69 Å². The van der Waals surface area contributed by atoms with Crippen LogP contribution in [-0.2, 0) is 29.1 Å². The summed E-state index contributed by atoms with van der Waals surface area (Å²) < 4.78 is 6.69. The molecule has 0 saturated heterocycles. The van der Waals surface area contributed by atoms with E-state index in [0.29, 0.717) is 17.8 Å². The molecule has 0 saturated carbocycles. The third-order valence-corrected chi connectivity index (χ3v) is 4.56. The van der Waals surface area contributed by atoms with Crippen LogP contribution in [0.2, 0.25) is 0 Å². The molecule has 1 aromatic heterocycles. The van der Waals surface area contributed by atoms with Crippen LogP contribution < -0.4 is 11.3 Å². The number of nitrogen functional groups attached to an aromatic ring is 1. The fraction of sp³-hybridized carbons (Fsp3) is 0.158. The van der Waals surface area contributed by atoms with Crippen molar-refractivity contribution in [1.82, 2.24) is 4.57 Å². The summed E-state index contributed by atoms with van der Waals surface area (Å²) in [6.45, 7) is 4.62. The maximum atomic E-state index is 12.7. The lowest BCUT2D eigenvalue weighted by molar-refractivity contribution is -0.145. The molecule has 2 aliphatic heterocycles. The third-order valence-electron chi connectivity index (χ3n) is 4.56. The Morgan fingerprint density at radius 1 is 1.25 bits per heavy atom. The number of para-hydroxylation sites is 1. The number of hydrogen-bond donors (Lipinski definition) is 1. The summed E-state index contributed by atoms with van der Waals surface area (Å²) in [5.74, 6) is -0.303. The maximum absolute atomic E-state index is 12.7. The van der Waals surface area contributed by atoms with E-state index in [1.165, 1.54) is 0 Å². The largest absolute Gasteiger partial charge is 0.460 e. The van der Waals surface area contributed by atoms with Gasteiger partial charge < -0.3 is 15.0 Å². The first-order chi connectivity index (χ1) is 11.5. The molecule has 0 bridgehead atoms. The SMILES string of the molecule is C=C1/C(=C\c2ccccc2N)Cn2c1cc1c(c2=O)COC(=O)C1. The van der Waals surface area contributed by atoms with Crippen LogP contribution in [0, 0.1) is 0 Å². The van der Waals surface area contributed by atoms with Crippen molar-refractivity contribution in [1.29, 1.82) is 0 Å². The minimum absolute atomic E-state index is 0.0461. The van der Waals surface area contributed by atoms with Gasteiger partial charge in [0.25, 0.3) is 5.56 Å². The highest BCUT2D eigenvalue weighted by Crippen LogP contribution is 2.33. The zero-order valence-electron chi connectivity index (χ0n) is 13.0. The Balaban J connectivity index is 1.81.